The zero-order chi connectivity index (χ0) is 24.1. The molecule has 0 radical (unpaired) electrons. The number of hydrogen-bond donors (Lipinski definition) is 1. The fraction of sp³-hybridized carbons (Fsp3) is 0.240. The number of imidazole rings is 1. The second-order valence-corrected chi connectivity index (χ2v) is 8.84. The van der Waals surface area contributed by atoms with Crippen molar-refractivity contribution in [1.29, 1.82) is 0 Å². The number of nitrogens with zero attached hydrogens (tertiary/aromatic N) is 3. The van der Waals surface area contributed by atoms with Crippen molar-refractivity contribution < 1.29 is 14.3 Å². The summed E-state index contributed by atoms with van der Waals surface area (Å²) in [6.07, 6.45) is 2.14. The van der Waals surface area contributed by atoms with Gasteiger partial charge in [0.2, 0.25) is 5.91 Å². The van der Waals surface area contributed by atoms with E-state index in [1.165, 1.54) is 11.3 Å². The number of carbonyl (C=O) groups is 2. The second-order valence-electron chi connectivity index (χ2n) is 7.60. The minimum Gasteiger partial charge on any atom is -0.482 e. The number of amides is 2. The van der Waals surface area contributed by atoms with Crippen LogP contribution in [0.15, 0.2) is 60.1 Å². The summed E-state index contributed by atoms with van der Waals surface area (Å²) in [4.78, 5) is 32.0. The van der Waals surface area contributed by atoms with E-state index in [-0.39, 0.29) is 24.8 Å². The van der Waals surface area contributed by atoms with Crippen LogP contribution in [-0.2, 0) is 16.0 Å². The van der Waals surface area contributed by atoms with Crippen molar-refractivity contribution in [3.8, 4) is 17.0 Å². The maximum Gasteiger partial charge on any atom is 0.260 e. The highest BCUT2D eigenvalue weighted by Crippen LogP contribution is 2.28. The number of benzene rings is 2. The Bertz CT molecular complexity index is 1300. The van der Waals surface area contributed by atoms with E-state index >= 15 is 0 Å². The molecule has 1 N–H and O–H groups in total. The SMILES string of the molecule is CCN(CC)C(=O)COc1ccc(NC(=O)Cc2csc3nc(-c4ccccc4)cn23)cc1Cl. The van der Waals surface area contributed by atoms with E-state index in [2.05, 4.69) is 10.3 Å². The highest BCUT2D eigenvalue weighted by molar-refractivity contribution is 7.15. The molecule has 2 aromatic carbocycles. The van der Waals surface area contributed by atoms with Crippen LogP contribution in [0.4, 0.5) is 5.69 Å². The first-order chi connectivity index (χ1) is 16.5. The number of nitrogens with one attached hydrogen (secondary N) is 1. The molecule has 176 valence electrons. The molecule has 34 heavy (non-hydrogen) atoms. The molecule has 0 saturated carbocycles. The number of thiazole rings is 1. The molecule has 2 heterocycles. The molecule has 2 amide bonds. The lowest BCUT2D eigenvalue weighted by Crippen LogP contribution is -2.34. The third-order valence-corrected chi connectivity index (χ3v) is 6.56. The molecular weight excluding hydrogens is 472 g/mol. The van der Waals surface area contributed by atoms with E-state index in [0.29, 0.717) is 29.5 Å². The standard InChI is InChI=1S/C25H25ClN4O3S/c1-3-29(4-2)24(32)15-33-22-11-10-18(12-20(22)26)27-23(31)13-19-16-34-25-28-21(14-30(19)25)17-8-6-5-7-9-17/h5-12,14,16H,3-4,13,15H2,1-2H3,(H,27,31). The Morgan fingerprint density at radius 1 is 1.15 bits per heavy atom. The van der Waals surface area contributed by atoms with Gasteiger partial charge in [-0.15, -0.1) is 11.3 Å². The fourth-order valence-corrected chi connectivity index (χ4v) is 4.68. The smallest absolute Gasteiger partial charge is 0.260 e. The minimum absolute atomic E-state index is 0.0862. The Balaban J connectivity index is 1.38. The number of carbonyl (C=O) groups excluding carboxylic acids is 2. The summed E-state index contributed by atoms with van der Waals surface area (Å²) < 4.78 is 7.52. The molecule has 0 atom stereocenters. The van der Waals surface area contributed by atoms with E-state index in [4.69, 9.17) is 16.3 Å². The molecule has 7 nitrogen and oxygen atoms in total. The number of rotatable bonds is 9. The Morgan fingerprint density at radius 3 is 2.62 bits per heavy atom. The number of ether oxygens (including phenoxy) is 1. The lowest BCUT2D eigenvalue weighted by molar-refractivity contribution is -0.133. The molecule has 2 aromatic heterocycles. The van der Waals surface area contributed by atoms with Gasteiger partial charge >= 0.3 is 0 Å². The van der Waals surface area contributed by atoms with Gasteiger partial charge in [0.1, 0.15) is 5.75 Å². The van der Waals surface area contributed by atoms with E-state index in [0.717, 1.165) is 21.9 Å². The number of aromatic nitrogens is 2. The van der Waals surface area contributed by atoms with Gasteiger partial charge in [0.15, 0.2) is 11.6 Å². The van der Waals surface area contributed by atoms with Gasteiger partial charge in [-0.3, -0.25) is 14.0 Å². The van der Waals surface area contributed by atoms with Crippen LogP contribution in [0.3, 0.4) is 0 Å². The fourth-order valence-electron chi connectivity index (χ4n) is 3.58. The van der Waals surface area contributed by atoms with Gasteiger partial charge in [-0.05, 0) is 32.0 Å². The van der Waals surface area contributed by atoms with Gasteiger partial charge in [-0.25, -0.2) is 4.98 Å². The van der Waals surface area contributed by atoms with Gasteiger partial charge < -0.3 is 15.0 Å². The maximum atomic E-state index is 12.7. The Morgan fingerprint density at radius 2 is 1.91 bits per heavy atom. The highest BCUT2D eigenvalue weighted by Gasteiger charge is 2.15. The molecule has 4 rings (SSSR count). The third kappa shape index (κ3) is 5.40. The quantitative estimate of drug-likeness (QED) is 0.348. The number of halogens is 1. The summed E-state index contributed by atoms with van der Waals surface area (Å²) in [5, 5.41) is 5.13. The van der Waals surface area contributed by atoms with Crippen LogP contribution >= 0.6 is 22.9 Å². The molecule has 9 heteroatoms. The highest BCUT2D eigenvalue weighted by atomic mass is 35.5. The molecule has 0 aliphatic rings. The van der Waals surface area contributed by atoms with Gasteiger partial charge in [-0.1, -0.05) is 41.9 Å². The summed E-state index contributed by atoms with van der Waals surface area (Å²) in [6.45, 7) is 5.00. The topological polar surface area (TPSA) is 75.9 Å². The molecule has 4 aromatic rings. The Hall–Kier alpha value is -3.36. The average Bonchev–Trinajstić information content (AvgIpc) is 3.42. The Kier molecular flexibility index (Phi) is 7.49. The van der Waals surface area contributed by atoms with Crippen LogP contribution in [0.2, 0.25) is 5.02 Å². The molecule has 0 saturated heterocycles. The summed E-state index contributed by atoms with van der Waals surface area (Å²) in [6, 6.07) is 14.9. The predicted molar refractivity (Wildman–Crippen MR) is 136 cm³/mol. The van der Waals surface area contributed by atoms with E-state index < -0.39 is 0 Å². The van der Waals surface area contributed by atoms with Crippen molar-refractivity contribution in [2.24, 2.45) is 0 Å². The van der Waals surface area contributed by atoms with Crippen molar-refractivity contribution >= 4 is 45.4 Å². The van der Waals surface area contributed by atoms with Gasteiger partial charge in [0.05, 0.1) is 17.1 Å². The molecule has 0 bridgehead atoms. The van der Waals surface area contributed by atoms with Crippen LogP contribution in [0.5, 0.6) is 5.75 Å². The largest absolute Gasteiger partial charge is 0.482 e. The monoisotopic (exact) mass is 496 g/mol. The van der Waals surface area contributed by atoms with Crippen LogP contribution in [0.1, 0.15) is 19.5 Å². The van der Waals surface area contributed by atoms with Crippen molar-refractivity contribution in [2.45, 2.75) is 20.3 Å². The summed E-state index contributed by atoms with van der Waals surface area (Å²) >= 11 is 7.81. The number of hydrogen-bond acceptors (Lipinski definition) is 5. The molecule has 0 aliphatic heterocycles. The van der Waals surface area contributed by atoms with Crippen molar-refractivity contribution in [1.82, 2.24) is 14.3 Å². The van der Waals surface area contributed by atoms with Crippen molar-refractivity contribution in [3.63, 3.8) is 0 Å². The number of likely N-dealkylation sites (N-methyl/N-ethyl adjacent to an activating group) is 1. The predicted octanol–water partition coefficient (Wildman–Crippen LogP) is 5.14. The van der Waals surface area contributed by atoms with Gasteiger partial charge in [-0.2, -0.15) is 0 Å². The number of anilines is 1. The summed E-state index contributed by atoms with van der Waals surface area (Å²) in [5.74, 6) is 0.123. The lowest BCUT2D eigenvalue weighted by Gasteiger charge is -2.19. The molecule has 0 fully saturated rings. The minimum atomic E-state index is -0.170. The molecular formula is C25H25ClN4O3S. The van der Waals surface area contributed by atoms with E-state index in [1.54, 1.807) is 23.1 Å². The second kappa shape index (κ2) is 10.7. The van der Waals surface area contributed by atoms with Crippen LogP contribution < -0.4 is 10.1 Å². The number of fused-ring (bicyclic) bond motifs is 1. The van der Waals surface area contributed by atoms with Crippen molar-refractivity contribution in [2.75, 3.05) is 25.0 Å². The molecule has 0 unspecified atom stereocenters. The van der Waals surface area contributed by atoms with Crippen LogP contribution in [-0.4, -0.2) is 45.8 Å². The van der Waals surface area contributed by atoms with Crippen LogP contribution in [0.25, 0.3) is 16.2 Å². The van der Waals surface area contributed by atoms with E-state index in [9.17, 15) is 9.59 Å². The first-order valence-corrected chi connectivity index (χ1v) is 12.2. The normalized spacial score (nSPS) is 10.9. The lowest BCUT2D eigenvalue weighted by atomic mass is 10.2. The maximum absolute atomic E-state index is 12.7. The van der Waals surface area contributed by atoms with E-state index in [1.807, 2.05) is 60.2 Å². The molecule has 0 aliphatic carbocycles. The molecule has 0 spiro atoms. The first kappa shape index (κ1) is 23.8. The summed E-state index contributed by atoms with van der Waals surface area (Å²) in [5.41, 5.74) is 3.31. The third-order valence-electron chi connectivity index (χ3n) is 5.38. The zero-order valence-corrected chi connectivity index (χ0v) is 20.5. The zero-order valence-electron chi connectivity index (χ0n) is 19.0. The first-order valence-electron chi connectivity index (χ1n) is 11.0. The van der Waals surface area contributed by atoms with Gasteiger partial charge in [0, 0.05) is 41.6 Å². The van der Waals surface area contributed by atoms with Crippen LogP contribution in [0, 0.1) is 0 Å². The van der Waals surface area contributed by atoms with Crippen molar-refractivity contribution in [3.05, 3.63) is 70.8 Å². The van der Waals surface area contributed by atoms with Gasteiger partial charge in [0.25, 0.3) is 5.91 Å². The summed E-state index contributed by atoms with van der Waals surface area (Å²) in [7, 11) is 0. The Labute approximate surface area is 206 Å². The average molecular weight is 497 g/mol.